The number of aliphatic hydroxyl groups is 2. The van der Waals surface area contributed by atoms with Crippen molar-refractivity contribution in [1.29, 1.82) is 0 Å². The highest BCUT2D eigenvalue weighted by atomic mass is 16.7. The monoisotopic (exact) mass is 588 g/mol. The van der Waals surface area contributed by atoms with Gasteiger partial charge in [-0.3, -0.25) is 14.4 Å². The third kappa shape index (κ3) is 4.23. The van der Waals surface area contributed by atoms with Crippen LogP contribution in [0.4, 0.5) is 0 Å². The molecule has 0 saturated carbocycles. The normalized spacial score (nSPS) is 32.3. The van der Waals surface area contributed by atoms with E-state index in [-0.39, 0.29) is 33.6 Å². The maximum Gasteiger partial charge on any atom is 0.201 e. The van der Waals surface area contributed by atoms with E-state index in [1.54, 1.807) is 6.92 Å². The number of aromatic hydroxyl groups is 2. The number of benzene rings is 2. The van der Waals surface area contributed by atoms with Crippen LogP contribution in [-0.2, 0) is 23.7 Å². The number of methoxy groups -OCH3 is 4. The zero-order chi connectivity index (χ0) is 30.8. The number of Topliss-reactive ketones (excluding diaryl/α,β-unsaturated/α-hetero) is 1. The molecular formula is C29H32O13. The molecule has 1 heterocycles. The Morgan fingerprint density at radius 1 is 0.857 bits per heavy atom. The predicted molar refractivity (Wildman–Crippen MR) is 141 cm³/mol. The highest BCUT2D eigenvalue weighted by Gasteiger charge is 2.56. The van der Waals surface area contributed by atoms with E-state index in [1.807, 2.05) is 0 Å². The molecule has 2 aromatic rings. The van der Waals surface area contributed by atoms with Gasteiger partial charge in [-0.2, -0.15) is 0 Å². The Balaban J connectivity index is 1.69. The van der Waals surface area contributed by atoms with Crippen molar-refractivity contribution in [1.82, 2.24) is 0 Å². The van der Waals surface area contributed by atoms with Crippen molar-refractivity contribution < 1.29 is 63.2 Å². The second-order valence-corrected chi connectivity index (χ2v) is 10.6. The van der Waals surface area contributed by atoms with Crippen LogP contribution in [0.25, 0.3) is 0 Å². The molecule has 0 amide bonds. The van der Waals surface area contributed by atoms with Crippen LogP contribution in [-0.4, -0.2) is 109 Å². The molecular weight excluding hydrogens is 556 g/mol. The van der Waals surface area contributed by atoms with Crippen LogP contribution in [0.1, 0.15) is 67.7 Å². The summed E-state index contributed by atoms with van der Waals surface area (Å²) in [5, 5.41) is 44.4. The van der Waals surface area contributed by atoms with Crippen molar-refractivity contribution in [3.63, 3.8) is 0 Å². The van der Waals surface area contributed by atoms with Crippen molar-refractivity contribution in [2.75, 3.05) is 28.4 Å². The zero-order valence-corrected chi connectivity index (χ0v) is 23.7. The summed E-state index contributed by atoms with van der Waals surface area (Å²) in [6, 6.07) is 3.53. The maximum absolute atomic E-state index is 13.7. The first-order valence-electron chi connectivity index (χ1n) is 13.1. The Labute approximate surface area is 240 Å². The molecule has 2 aromatic carbocycles. The van der Waals surface area contributed by atoms with E-state index in [0.717, 1.165) is 12.1 Å². The quantitative estimate of drug-likeness (QED) is 0.320. The number of fused-ring (bicyclic) bond motifs is 3. The highest BCUT2D eigenvalue weighted by Crippen LogP contribution is 2.49. The number of ether oxygens (including phenoxy) is 6. The van der Waals surface area contributed by atoms with Crippen LogP contribution in [0.15, 0.2) is 18.2 Å². The number of hydrogen-bond donors (Lipinski definition) is 4. The maximum atomic E-state index is 13.7. The van der Waals surface area contributed by atoms with Crippen LogP contribution < -0.4 is 4.74 Å². The van der Waals surface area contributed by atoms with Crippen molar-refractivity contribution in [2.24, 2.45) is 0 Å². The topological polar surface area (TPSA) is 188 Å². The van der Waals surface area contributed by atoms with Gasteiger partial charge in [-0.15, -0.1) is 0 Å². The van der Waals surface area contributed by atoms with Gasteiger partial charge in [-0.25, -0.2) is 0 Å². The van der Waals surface area contributed by atoms with Crippen molar-refractivity contribution in [3.8, 4) is 17.2 Å². The van der Waals surface area contributed by atoms with Gasteiger partial charge >= 0.3 is 0 Å². The first-order chi connectivity index (χ1) is 19.8. The largest absolute Gasteiger partial charge is 0.507 e. The lowest BCUT2D eigenvalue weighted by Gasteiger charge is -2.46. The summed E-state index contributed by atoms with van der Waals surface area (Å²) in [5.41, 5.74) is -4.09. The number of carbonyl (C=O) groups is 3. The lowest BCUT2D eigenvalue weighted by molar-refractivity contribution is -0.323. The van der Waals surface area contributed by atoms with E-state index in [9.17, 15) is 34.8 Å². The molecule has 0 aromatic heterocycles. The second-order valence-electron chi connectivity index (χ2n) is 10.6. The van der Waals surface area contributed by atoms with Crippen molar-refractivity contribution in [2.45, 2.75) is 62.4 Å². The molecule has 0 spiro atoms. The van der Waals surface area contributed by atoms with Crippen LogP contribution >= 0.6 is 0 Å². The fraction of sp³-hybridized carbons (Fsp3) is 0.483. The minimum absolute atomic E-state index is 0.112. The van der Waals surface area contributed by atoms with Gasteiger partial charge in [0.25, 0.3) is 0 Å². The smallest absolute Gasteiger partial charge is 0.201 e. The molecule has 226 valence electrons. The van der Waals surface area contributed by atoms with E-state index in [1.165, 1.54) is 41.4 Å². The van der Waals surface area contributed by atoms with Crippen molar-refractivity contribution >= 4 is 17.3 Å². The van der Waals surface area contributed by atoms with Gasteiger partial charge in [0.05, 0.1) is 24.3 Å². The second kappa shape index (κ2) is 10.7. The molecule has 1 fully saturated rings. The lowest BCUT2D eigenvalue weighted by atomic mass is 9.72. The Kier molecular flexibility index (Phi) is 7.64. The number of hydrogen-bond acceptors (Lipinski definition) is 13. The number of rotatable bonds is 6. The number of carbonyl (C=O) groups excluding carboxylic acids is 3. The summed E-state index contributed by atoms with van der Waals surface area (Å²) in [7, 11) is 5.25. The van der Waals surface area contributed by atoms with E-state index in [4.69, 9.17) is 28.4 Å². The van der Waals surface area contributed by atoms with Crippen LogP contribution in [0.5, 0.6) is 17.2 Å². The van der Waals surface area contributed by atoms with Gasteiger partial charge in [0, 0.05) is 49.6 Å². The molecule has 1 aliphatic heterocycles. The Hall–Kier alpha value is -3.43. The number of phenols is 2. The summed E-state index contributed by atoms with van der Waals surface area (Å²) in [4.78, 5) is 40.9. The predicted octanol–water partition coefficient (Wildman–Crippen LogP) is 1.04. The molecule has 5 unspecified atom stereocenters. The summed E-state index contributed by atoms with van der Waals surface area (Å²) >= 11 is 0. The molecule has 13 heteroatoms. The SMILES string of the molecule is COc1cc(O)c2c(c1)C(=O)c1cc3c(c(O)c1C2=O)[C@@H](OC1OC(C)C(OC)C(O)C1OC)[C@H](OC)[C@](C)(O)C3=O. The van der Waals surface area contributed by atoms with Gasteiger partial charge < -0.3 is 48.8 Å². The minimum atomic E-state index is -2.23. The van der Waals surface area contributed by atoms with Crippen LogP contribution in [0.2, 0.25) is 0 Å². The molecule has 4 N–H and O–H groups in total. The molecule has 42 heavy (non-hydrogen) atoms. The third-order valence-electron chi connectivity index (χ3n) is 8.26. The number of ketones is 3. The zero-order valence-electron chi connectivity index (χ0n) is 23.7. The minimum Gasteiger partial charge on any atom is -0.507 e. The van der Waals surface area contributed by atoms with E-state index in [2.05, 4.69) is 0 Å². The average molecular weight is 589 g/mol. The molecule has 0 radical (unpaired) electrons. The first kappa shape index (κ1) is 30.0. The average Bonchev–Trinajstić information content (AvgIpc) is 2.94. The fourth-order valence-corrected chi connectivity index (χ4v) is 6.14. The van der Waals surface area contributed by atoms with Gasteiger partial charge in [-0.1, -0.05) is 0 Å². The lowest BCUT2D eigenvalue weighted by Crippen LogP contribution is -2.61. The van der Waals surface area contributed by atoms with Gasteiger partial charge in [-0.05, 0) is 26.0 Å². The third-order valence-corrected chi connectivity index (χ3v) is 8.26. The summed E-state index contributed by atoms with van der Waals surface area (Å²) in [6.45, 7) is 2.83. The number of aliphatic hydroxyl groups excluding tert-OH is 1. The Bertz CT molecular complexity index is 1460. The summed E-state index contributed by atoms with van der Waals surface area (Å²) < 4.78 is 33.5. The Morgan fingerprint density at radius 3 is 2.10 bits per heavy atom. The molecule has 0 bridgehead atoms. The van der Waals surface area contributed by atoms with E-state index < -0.39 is 82.9 Å². The van der Waals surface area contributed by atoms with Crippen LogP contribution in [0.3, 0.4) is 0 Å². The standard InChI is InChI=1S/C29H32O13/c1-10-23(38-4)22(34)25(39-5)28(41-10)42-24-18-14(26(35)29(2,36)27(24)40-6)9-13-17(21(18)33)20(32)16-12(19(13)31)7-11(37-3)8-15(16)30/h7-10,22-25,27-28,30,33-34,36H,1-6H3/t10?,22?,23?,24-,25?,27+,28?,29-/m1/s1. The molecule has 5 rings (SSSR count). The van der Waals surface area contributed by atoms with E-state index in [0.29, 0.717) is 0 Å². The number of phenolic OH excluding ortho intramolecular Hbond substituents is 2. The molecule has 13 nitrogen and oxygen atoms in total. The van der Waals surface area contributed by atoms with Crippen LogP contribution in [0, 0.1) is 0 Å². The summed E-state index contributed by atoms with van der Waals surface area (Å²) in [5.74, 6) is -3.74. The molecule has 1 saturated heterocycles. The molecule has 2 aliphatic carbocycles. The van der Waals surface area contributed by atoms with Crippen molar-refractivity contribution in [3.05, 3.63) is 51.6 Å². The fourth-order valence-electron chi connectivity index (χ4n) is 6.14. The van der Waals surface area contributed by atoms with Gasteiger partial charge in [0.2, 0.25) is 5.78 Å². The van der Waals surface area contributed by atoms with Gasteiger partial charge in [0.1, 0.15) is 47.8 Å². The first-order valence-corrected chi connectivity index (χ1v) is 13.1. The Morgan fingerprint density at radius 2 is 1.50 bits per heavy atom. The molecule has 8 atom stereocenters. The van der Waals surface area contributed by atoms with E-state index >= 15 is 0 Å². The molecule has 3 aliphatic rings. The highest BCUT2D eigenvalue weighted by molar-refractivity contribution is 6.31. The van der Waals surface area contributed by atoms with Gasteiger partial charge in [0.15, 0.2) is 23.5 Å². The summed E-state index contributed by atoms with van der Waals surface area (Å²) in [6.07, 6.45) is -8.04.